The van der Waals surface area contributed by atoms with Crippen molar-refractivity contribution in [2.75, 3.05) is 25.5 Å². The van der Waals surface area contributed by atoms with Gasteiger partial charge in [-0.05, 0) is 43.7 Å². The SMILES string of the molecule is COc1cccc(NC(=O)N2C[C@@H](C)N(Cc3ccc(C(=O)NO)cc3)[C@@H](C)C2)c1. The number of hydroxylamine groups is 1. The predicted molar refractivity (Wildman–Crippen MR) is 114 cm³/mol. The summed E-state index contributed by atoms with van der Waals surface area (Å²) in [5.41, 5.74) is 3.81. The minimum Gasteiger partial charge on any atom is -0.497 e. The molecule has 1 saturated heterocycles. The molecule has 1 heterocycles. The minimum atomic E-state index is -0.529. The van der Waals surface area contributed by atoms with Crippen LogP contribution in [-0.4, -0.2) is 59.2 Å². The van der Waals surface area contributed by atoms with E-state index in [0.717, 1.165) is 5.56 Å². The van der Waals surface area contributed by atoms with Crippen LogP contribution in [0.2, 0.25) is 0 Å². The standard InChI is InChI=1S/C22H28N4O4/c1-15-12-25(22(28)23-19-5-4-6-20(11-19)30-3)13-16(2)26(15)14-17-7-9-18(10-8-17)21(27)24-29/h4-11,15-16,29H,12-14H2,1-3H3,(H,23,28)(H,24,27)/t15-,16+. The normalized spacial score (nSPS) is 19.3. The first-order chi connectivity index (χ1) is 14.4. The molecule has 30 heavy (non-hydrogen) atoms. The number of benzene rings is 2. The quantitative estimate of drug-likeness (QED) is 0.519. The van der Waals surface area contributed by atoms with Gasteiger partial charge in [0, 0.05) is 49.0 Å². The summed E-state index contributed by atoms with van der Waals surface area (Å²) in [6, 6.07) is 14.7. The number of methoxy groups -OCH3 is 1. The number of nitrogens with one attached hydrogen (secondary N) is 2. The highest BCUT2D eigenvalue weighted by Crippen LogP contribution is 2.21. The molecule has 1 aliphatic rings. The van der Waals surface area contributed by atoms with Crippen LogP contribution in [0.4, 0.5) is 10.5 Å². The number of hydrogen-bond donors (Lipinski definition) is 3. The highest BCUT2D eigenvalue weighted by molar-refractivity contribution is 5.93. The number of nitrogens with zero attached hydrogens (tertiary/aromatic N) is 2. The molecule has 2 aromatic carbocycles. The lowest BCUT2D eigenvalue weighted by atomic mass is 10.1. The Hall–Kier alpha value is -3.10. The van der Waals surface area contributed by atoms with Crippen molar-refractivity contribution in [2.45, 2.75) is 32.5 Å². The summed E-state index contributed by atoms with van der Waals surface area (Å²) in [5.74, 6) is 0.167. The average molecular weight is 412 g/mol. The molecule has 1 fully saturated rings. The second kappa shape index (κ2) is 9.60. The van der Waals surface area contributed by atoms with E-state index in [1.165, 1.54) is 0 Å². The Kier molecular flexibility index (Phi) is 6.91. The summed E-state index contributed by atoms with van der Waals surface area (Å²) in [6.07, 6.45) is 0. The van der Waals surface area contributed by atoms with Crippen LogP contribution in [-0.2, 0) is 6.54 Å². The first kappa shape index (κ1) is 21.6. The Balaban J connectivity index is 1.60. The van der Waals surface area contributed by atoms with Crippen molar-refractivity contribution in [2.24, 2.45) is 0 Å². The fourth-order valence-corrected chi connectivity index (χ4v) is 3.77. The first-order valence-electron chi connectivity index (χ1n) is 9.90. The molecule has 2 aromatic rings. The molecule has 2 atom stereocenters. The number of piperazine rings is 1. The Bertz CT molecular complexity index is 875. The zero-order chi connectivity index (χ0) is 21.7. The fraction of sp³-hybridized carbons (Fsp3) is 0.364. The zero-order valence-electron chi connectivity index (χ0n) is 17.5. The second-order valence-electron chi connectivity index (χ2n) is 7.58. The van der Waals surface area contributed by atoms with E-state index >= 15 is 0 Å². The van der Waals surface area contributed by atoms with Crippen LogP contribution < -0.4 is 15.5 Å². The van der Waals surface area contributed by atoms with Crippen molar-refractivity contribution in [3.63, 3.8) is 0 Å². The number of ether oxygens (including phenoxy) is 1. The van der Waals surface area contributed by atoms with Crippen molar-refractivity contribution in [3.8, 4) is 5.75 Å². The van der Waals surface area contributed by atoms with Gasteiger partial charge in [0.1, 0.15) is 5.75 Å². The fourth-order valence-electron chi connectivity index (χ4n) is 3.77. The molecule has 0 aliphatic carbocycles. The molecule has 8 heteroatoms. The second-order valence-corrected chi connectivity index (χ2v) is 7.58. The number of carbonyl (C=O) groups excluding carboxylic acids is 2. The highest BCUT2D eigenvalue weighted by Gasteiger charge is 2.31. The van der Waals surface area contributed by atoms with E-state index in [-0.39, 0.29) is 18.1 Å². The average Bonchev–Trinajstić information content (AvgIpc) is 2.76. The van der Waals surface area contributed by atoms with Crippen molar-refractivity contribution in [3.05, 3.63) is 59.7 Å². The van der Waals surface area contributed by atoms with E-state index < -0.39 is 5.91 Å². The largest absolute Gasteiger partial charge is 0.497 e. The van der Waals surface area contributed by atoms with Gasteiger partial charge in [0.25, 0.3) is 5.91 Å². The molecule has 0 spiro atoms. The lowest BCUT2D eigenvalue weighted by molar-refractivity contribution is 0.0526. The Morgan fingerprint density at radius 1 is 1.10 bits per heavy atom. The Morgan fingerprint density at radius 3 is 2.37 bits per heavy atom. The van der Waals surface area contributed by atoms with E-state index in [0.29, 0.717) is 36.6 Å². The van der Waals surface area contributed by atoms with E-state index in [1.54, 1.807) is 30.8 Å². The van der Waals surface area contributed by atoms with Gasteiger partial charge in [-0.15, -0.1) is 0 Å². The summed E-state index contributed by atoms with van der Waals surface area (Å²) in [4.78, 5) is 28.4. The van der Waals surface area contributed by atoms with Crippen LogP contribution in [0.5, 0.6) is 5.75 Å². The number of urea groups is 1. The first-order valence-corrected chi connectivity index (χ1v) is 9.90. The number of carbonyl (C=O) groups is 2. The van der Waals surface area contributed by atoms with Crippen LogP contribution in [0.25, 0.3) is 0 Å². The lowest BCUT2D eigenvalue weighted by Crippen LogP contribution is -2.58. The molecule has 160 valence electrons. The van der Waals surface area contributed by atoms with Gasteiger partial charge in [0.15, 0.2) is 0 Å². The summed E-state index contributed by atoms with van der Waals surface area (Å²) in [5, 5.41) is 11.7. The van der Waals surface area contributed by atoms with Crippen LogP contribution in [0.15, 0.2) is 48.5 Å². The molecule has 0 unspecified atom stereocenters. The summed E-state index contributed by atoms with van der Waals surface area (Å²) in [6.45, 7) is 6.16. The maximum Gasteiger partial charge on any atom is 0.321 e. The summed E-state index contributed by atoms with van der Waals surface area (Å²) < 4.78 is 5.21. The van der Waals surface area contributed by atoms with E-state index in [4.69, 9.17) is 9.94 Å². The third kappa shape index (κ3) is 5.08. The minimum absolute atomic E-state index is 0.124. The van der Waals surface area contributed by atoms with Crippen LogP contribution in [0.3, 0.4) is 0 Å². The molecule has 0 saturated carbocycles. The van der Waals surface area contributed by atoms with Crippen molar-refractivity contribution >= 4 is 17.6 Å². The third-order valence-electron chi connectivity index (χ3n) is 5.39. The van der Waals surface area contributed by atoms with Gasteiger partial charge in [-0.1, -0.05) is 18.2 Å². The molecular weight excluding hydrogens is 384 g/mol. The highest BCUT2D eigenvalue weighted by atomic mass is 16.5. The number of rotatable bonds is 5. The number of hydrogen-bond acceptors (Lipinski definition) is 5. The predicted octanol–water partition coefficient (Wildman–Crippen LogP) is 2.94. The molecule has 3 rings (SSSR count). The van der Waals surface area contributed by atoms with Gasteiger partial charge in [-0.2, -0.15) is 0 Å². The molecule has 0 aromatic heterocycles. The molecular formula is C22H28N4O4. The van der Waals surface area contributed by atoms with Gasteiger partial charge in [0.2, 0.25) is 0 Å². The van der Waals surface area contributed by atoms with Crippen LogP contribution >= 0.6 is 0 Å². The van der Waals surface area contributed by atoms with Gasteiger partial charge in [-0.25, -0.2) is 10.3 Å². The zero-order valence-corrected chi connectivity index (χ0v) is 17.5. The monoisotopic (exact) mass is 412 g/mol. The van der Waals surface area contributed by atoms with Gasteiger partial charge < -0.3 is 15.0 Å². The smallest absolute Gasteiger partial charge is 0.321 e. The van der Waals surface area contributed by atoms with Crippen LogP contribution in [0, 0.1) is 0 Å². The topological polar surface area (TPSA) is 94.1 Å². The lowest BCUT2D eigenvalue weighted by Gasteiger charge is -2.44. The van der Waals surface area contributed by atoms with E-state index in [9.17, 15) is 9.59 Å². The molecule has 1 aliphatic heterocycles. The number of amides is 3. The Morgan fingerprint density at radius 2 is 1.77 bits per heavy atom. The molecule has 0 radical (unpaired) electrons. The van der Waals surface area contributed by atoms with Gasteiger partial charge in [0.05, 0.1) is 7.11 Å². The molecule has 8 nitrogen and oxygen atoms in total. The van der Waals surface area contributed by atoms with Gasteiger partial charge in [-0.3, -0.25) is 14.9 Å². The van der Waals surface area contributed by atoms with E-state index in [2.05, 4.69) is 24.1 Å². The maximum absolute atomic E-state index is 12.8. The van der Waals surface area contributed by atoms with Crippen LogP contribution in [0.1, 0.15) is 29.8 Å². The third-order valence-corrected chi connectivity index (χ3v) is 5.39. The molecule has 3 amide bonds. The summed E-state index contributed by atoms with van der Waals surface area (Å²) in [7, 11) is 1.60. The number of anilines is 1. The van der Waals surface area contributed by atoms with E-state index in [1.807, 2.05) is 35.2 Å². The molecule has 0 bridgehead atoms. The van der Waals surface area contributed by atoms with Gasteiger partial charge >= 0.3 is 6.03 Å². The van der Waals surface area contributed by atoms with Crippen molar-refractivity contribution in [1.82, 2.24) is 15.3 Å². The summed E-state index contributed by atoms with van der Waals surface area (Å²) >= 11 is 0. The maximum atomic E-state index is 12.8. The van der Waals surface area contributed by atoms with Crippen molar-refractivity contribution in [1.29, 1.82) is 0 Å². The Labute approximate surface area is 176 Å². The van der Waals surface area contributed by atoms with Crippen molar-refractivity contribution < 1.29 is 19.5 Å². The molecule has 3 N–H and O–H groups in total.